The molecule has 4 nitrogen and oxygen atoms in total. The van der Waals surface area contributed by atoms with E-state index < -0.39 is 0 Å². The Kier molecular flexibility index (Phi) is 5.41. The van der Waals surface area contributed by atoms with E-state index in [0.717, 1.165) is 30.9 Å². The van der Waals surface area contributed by atoms with Crippen LogP contribution in [0.25, 0.3) is 0 Å². The van der Waals surface area contributed by atoms with E-state index in [1.54, 1.807) is 6.33 Å². The van der Waals surface area contributed by atoms with Crippen molar-refractivity contribution in [2.75, 3.05) is 11.4 Å². The molecule has 4 heteroatoms. The molecule has 0 atom stereocenters. The molecule has 0 saturated carbocycles. The fourth-order valence-corrected chi connectivity index (χ4v) is 1.74. The highest BCUT2D eigenvalue weighted by atomic mass is 15.2. The molecule has 17 heavy (non-hydrogen) atoms. The van der Waals surface area contributed by atoms with Crippen molar-refractivity contribution in [3.8, 4) is 6.07 Å². The van der Waals surface area contributed by atoms with Crippen molar-refractivity contribution in [2.45, 2.75) is 46.1 Å². The average Bonchev–Trinajstić information content (AvgIpc) is 2.30. The molecule has 0 unspecified atom stereocenters. The topological polar surface area (TPSA) is 52.8 Å². The minimum absolute atomic E-state index is 0.340. The van der Waals surface area contributed by atoms with Crippen LogP contribution < -0.4 is 4.90 Å². The molecule has 1 aromatic rings. The molecule has 0 aliphatic rings. The van der Waals surface area contributed by atoms with Gasteiger partial charge in [0.2, 0.25) is 0 Å². The van der Waals surface area contributed by atoms with Crippen LogP contribution in [0.2, 0.25) is 0 Å². The largest absolute Gasteiger partial charge is 0.353 e. The van der Waals surface area contributed by atoms with Crippen LogP contribution in [0.3, 0.4) is 0 Å². The van der Waals surface area contributed by atoms with Gasteiger partial charge in [-0.1, -0.05) is 13.3 Å². The van der Waals surface area contributed by atoms with Gasteiger partial charge in [0.1, 0.15) is 12.1 Å². The van der Waals surface area contributed by atoms with Crippen molar-refractivity contribution in [2.24, 2.45) is 0 Å². The van der Waals surface area contributed by atoms with Gasteiger partial charge in [-0.3, -0.25) is 0 Å². The highest BCUT2D eigenvalue weighted by molar-refractivity contribution is 5.40. The molecular weight excluding hydrogens is 212 g/mol. The second-order valence-corrected chi connectivity index (χ2v) is 4.31. The van der Waals surface area contributed by atoms with Gasteiger partial charge in [-0.15, -0.1) is 0 Å². The molecule has 0 saturated heterocycles. The number of rotatable bonds is 6. The first-order valence-corrected chi connectivity index (χ1v) is 6.13. The highest BCUT2D eigenvalue weighted by Gasteiger charge is 2.12. The van der Waals surface area contributed by atoms with E-state index in [9.17, 15) is 0 Å². The summed E-state index contributed by atoms with van der Waals surface area (Å²) in [5, 5.41) is 8.67. The van der Waals surface area contributed by atoms with Gasteiger partial charge >= 0.3 is 0 Å². The SMILES string of the molecule is CCCc1cc(N(CCC#N)C(C)C)ncn1. The van der Waals surface area contributed by atoms with Crippen molar-refractivity contribution in [3.63, 3.8) is 0 Å². The molecule has 1 rings (SSSR count). The molecule has 0 aliphatic heterocycles. The number of anilines is 1. The third-order valence-electron chi connectivity index (χ3n) is 2.60. The summed E-state index contributed by atoms with van der Waals surface area (Å²) in [5.74, 6) is 0.925. The van der Waals surface area contributed by atoms with Gasteiger partial charge in [-0.05, 0) is 20.3 Å². The van der Waals surface area contributed by atoms with Crippen molar-refractivity contribution < 1.29 is 0 Å². The summed E-state index contributed by atoms with van der Waals surface area (Å²) in [7, 11) is 0. The third kappa shape index (κ3) is 4.03. The van der Waals surface area contributed by atoms with Gasteiger partial charge in [0.25, 0.3) is 0 Å². The highest BCUT2D eigenvalue weighted by Crippen LogP contribution is 2.15. The van der Waals surface area contributed by atoms with Gasteiger partial charge in [0.05, 0.1) is 12.5 Å². The molecule has 0 spiro atoms. The smallest absolute Gasteiger partial charge is 0.132 e. The van der Waals surface area contributed by atoms with Crippen LogP contribution in [0, 0.1) is 11.3 Å². The predicted octanol–water partition coefficient (Wildman–Crippen LogP) is 2.56. The molecule has 0 fully saturated rings. The number of nitriles is 1. The Balaban J connectivity index is 2.86. The van der Waals surface area contributed by atoms with Crippen molar-refractivity contribution in [1.82, 2.24) is 9.97 Å². The third-order valence-corrected chi connectivity index (χ3v) is 2.60. The summed E-state index contributed by atoms with van der Waals surface area (Å²) in [6, 6.07) is 4.55. The molecular formula is C13H20N4. The molecule has 0 N–H and O–H groups in total. The Morgan fingerprint density at radius 3 is 2.76 bits per heavy atom. The second-order valence-electron chi connectivity index (χ2n) is 4.31. The van der Waals surface area contributed by atoms with E-state index >= 15 is 0 Å². The van der Waals surface area contributed by atoms with Crippen LogP contribution in [0.1, 0.15) is 39.3 Å². The Bertz CT molecular complexity index is 381. The fourth-order valence-electron chi connectivity index (χ4n) is 1.74. The van der Waals surface area contributed by atoms with Crippen molar-refractivity contribution in [3.05, 3.63) is 18.1 Å². The van der Waals surface area contributed by atoms with E-state index in [0.29, 0.717) is 12.5 Å². The van der Waals surface area contributed by atoms with Crippen molar-refractivity contribution >= 4 is 5.82 Å². The predicted molar refractivity (Wildman–Crippen MR) is 68.7 cm³/mol. The summed E-state index contributed by atoms with van der Waals surface area (Å²) in [4.78, 5) is 10.7. The van der Waals surface area contributed by atoms with Crippen LogP contribution in [-0.4, -0.2) is 22.6 Å². The zero-order chi connectivity index (χ0) is 12.7. The van der Waals surface area contributed by atoms with E-state index in [-0.39, 0.29) is 0 Å². The number of aryl methyl sites for hydroxylation is 1. The van der Waals surface area contributed by atoms with E-state index in [4.69, 9.17) is 5.26 Å². The lowest BCUT2D eigenvalue weighted by atomic mass is 10.2. The van der Waals surface area contributed by atoms with E-state index in [2.05, 4.69) is 41.7 Å². The summed E-state index contributed by atoms with van der Waals surface area (Å²) >= 11 is 0. The molecule has 0 aliphatic carbocycles. The summed E-state index contributed by atoms with van der Waals surface area (Å²) in [5.41, 5.74) is 1.07. The molecule has 0 radical (unpaired) electrons. The summed E-state index contributed by atoms with van der Waals surface area (Å²) in [6.45, 7) is 7.08. The summed E-state index contributed by atoms with van der Waals surface area (Å²) in [6.07, 6.45) is 4.18. The lowest BCUT2D eigenvalue weighted by Gasteiger charge is -2.27. The van der Waals surface area contributed by atoms with E-state index in [1.165, 1.54) is 0 Å². The number of aromatic nitrogens is 2. The zero-order valence-electron chi connectivity index (χ0n) is 10.8. The van der Waals surface area contributed by atoms with Crippen molar-refractivity contribution in [1.29, 1.82) is 5.26 Å². The molecule has 0 bridgehead atoms. The first-order valence-electron chi connectivity index (χ1n) is 6.13. The minimum Gasteiger partial charge on any atom is -0.353 e. The molecule has 1 aromatic heterocycles. The number of hydrogen-bond acceptors (Lipinski definition) is 4. The molecule has 0 aromatic carbocycles. The van der Waals surface area contributed by atoms with Gasteiger partial charge in [0, 0.05) is 24.3 Å². The number of nitrogens with zero attached hydrogens (tertiary/aromatic N) is 4. The average molecular weight is 232 g/mol. The summed E-state index contributed by atoms with van der Waals surface area (Å²) < 4.78 is 0. The molecule has 1 heterocycles. The Morgan fingerprint density at radius 2 is 2.18 bits per heavy atom. The van der Waals surface area contributed by atoms with Gasteiger partial charge in [-0.25, -0.2) is 9.97 Å². The van der Waals surface area contributed by atoms with Gasteiger partial charge in [-0.2, -0.15) is 5.26 Å². The minimum atomic E-state index is 0.340. The Hall–Kier alpha value is -1.63. The normalized spacial score (nSPS) is 10.3. The lowest BCUT2D eigenvalue weighted by molar-refractivity contribution is 0.673. The standard InChI is InChI=1S/C13H20N4/c1-4-6-12-9-13(16-10-15-12)17(11(2)3)8-5-7-14/h9-11H,4-6,8H2,1-3H3. The zero-order valence-corrected chi connectivity index (χ0v) is 10.8. The Labute approximate surface area is 103 Å². The quantitative estimate of drug-likeness (QED) is 0.756. The maximum absolute atomic E-state index is 8.67. The van der Waals surface area contributed by atoms with Crippen LogP contribution in [0.4, 0.5) is 5.82 Å². The fraction of sp³-hybridized carbons (Fsp3) is 0.615. The first-order chi connectivity index (χ1) is 8.19. The molecule has 0 amide bonds. The van der Waals surface area contributed by atoms with Crippen LogP contribution >= 0.6 is 0 Å². The maximum Gasteiger partial charge on any atom is 0.132 e. The lowest BCUT2D eigenvalue weighted by Crippen LogP contribution is -2.32. The monoisotopic (exact) mass is 232 g/mol. The van der Waals surface area contributed by atoms with Gasteiger partial charge in [0.15, 0.2) is 0 Å². The Morgan fingerprint density at radius 1 is 1.41 bits per heavy atom. The van der Waals surface area contributed by atoms with Crippen LogP contribution in [-0.2, 0) is 6.42 Å². The molecule has 92 valence electrons. The van der Waals surface area contributed by atoms with Crippen LogP contribution in [0.5, 0.6) is 0 Å². The first kappa shape index (κ1) is 13.4. The maximum atomic E-state index is 8.67. The van der Waals surface area contributed by atoms with Gasteiger partial charge < -0.3 is 4.90 Å². The number of hydrogen-bond donors (Lipinski definition) is 0. The van der Waals surface area contributed by atoms with E-state index in [1.807, 2.05) is 6.07 Å². The van der Waals surface area contributed by atoms with Crippen LogP contribution in [0.15, 0.2) is 12.4 Å². The second kappa shape index (κ2) is 6.85.